The molecule has 2 N–H and O–H groups in total. The highest BCUT2D eigenvalue weighted by atomic mass is 16.5. The number of hydrogen-bond acceptors (Lipinski definition) is 6. The minimum Gasteiger partial charge on any atom is -0.479 e. The van der Waals surface area contributed by atoms with E-state index in [2.05, 4.69) is 0 Å². The Bertz CT molecular complexity index is 702. The summed E-state index contributed by atoms with van der Waals surface area (Å²) in [6.45, 7) is 2.28. The van der Waals surface area contributed by atoms with Crippen LogP contribution in [0.1, 0.15) is 10.4 Å². The monoisotopic (exact) mass is 364 g/mol. The van der Waals surface area contributed by atoms with Gasteiger partial charge in [0.05, 0.1) is 19.8 Å². The van der Waals surface area contributed by atoms with Crippen molar-refractivity contribution in [2.45, 2.75) is 12.2 Å². The van der Waals surface area contributed by atoms with Crippen LogP contribution in [0.5, 0.6) is 0 Å². The number of carboxylic acid groups (broad SMARTS) is 1. The fourth-order valence-electron chi connectivity index (χ4n) is 2.97. The van der Waals surface area contributed by atoms with E-state index in [0.717, 1.165) is 0 Å². The molecule has 2 atom stereocenters. The number of benzene rings is 1. The smallest absolute Gasteiger partial charge is 0.335 e. The van der Waals surface area contributed by atoms with E-state index in [9.17, 15) is 19.5 Å². The summed E-state index contributed by atoms with van der Waals surface area (Å²) in [5.74, 6) is -2.33. The molecule has 0 aliphatic carbocycles. The molecule has 9 heteroatoms. The summed E-state index contributed by atoms with van der Waals surface area (Å²) >= 11 is 0. The summed E-state index contributed by atoms with van der Waals surface area (Å²) in [4.78, 5) is 39.1. The zero-order chi connectivity index (χ0) is 18.7. The van der Waals surface area contributed by atoms with Gasteiger partial charge in [0, 0.05) is 30.9 Å². The van der Waals surface area contributed by atoms with Crippen molar-refractivity contribution in [3.05, 3.63) is 29.8 Å². The lowest BCUT2D eigenvalue weighted by atomic mass is 10.1. The van der Waals surface area contributed by atoms with Crippen molar-refractivity contribution in [3.63, 3.8) is 0 Å². The predicted octanol–water partition coefficient (Wildman–Crippen LogP) is -0.664. The van der Waals surface area contributed by atoms with Crippen LogP contribution in [0.4, 0.5) is 5.69 Å². The standard InChI is InChI=1S/C17H20N2O7/c20-13(17(23)24)14-16(22)19(6-9-26-14)12-3-1-2-11(10-12)15(21)18-4-7-25-8-5-18/h1-3,10,13-14,20H,4-9H2,(H,23,24)/t13-,14-/m1/s1. The number of hydrogen-bond donors (Lipinski definition) is 2. The van der Waals surface area contributed by atoms with Gasteiger partial charge in [-0.15, -0.1) is 0 Å². The lowest BCUT2D eigenvalue weighted by molar-refractivity contribution is -0.163. The van der Waals surface area contributed by atoms with Crippen molar-refractivity contribution in [2.24, 2.45) is 0 Å². The second-order valence-electron chi connectivity index (χ2n) is 6.02. The molecule has 1 aromatic rings. The summed E-state index contributed by atoms with van der Waals surface area (Å²) in [6, 6.07) is 6.57. The van der Waals surface area contributed by atoms with Gasteiger partial charge in [-0.1, -0.05) is 6.07 Å². The highest BCUT2D eigenvalue weighted by Crippen LogP contribution is 2.22. The van der Waals surface area contributed by atoms with E-state index in [0.29, 0.717) is 37.6 Å². The normalized spacial score (nSPS) is 22.2. The van der Waals surface area contributed by atoms with Crippen LogP contribution in [-0.4, -0.2) is 84.6 Å². The van der Waals surface area contributed by atoms with Gasteiger partial charge in [-0.3, -0.25) is 9.59 Å². The summed E-state index contributed by atoms with van der Waals surface area (Å²) < 4.78 is 10.4. The lowest BCUT2D eigenvalue weighted by Crippen LogP contribution is -2.54. The average Bonchev–Trinajstić information content (AvgIpc) is 2.67. The minimum atomic E-state index is -1.94. The van der Waals surface area contributed by atoms with Crippen LogP contribution >= 0.6 is 0 Å². The Morgan fingerprint density at radius 3 is 2.58 bits per heavy atom. The topological polar surface area (TPSA) is 117 Å². The van der Waals surface area contributed by atoms with Gasteiger partial charge < -0.3 is 29.5 Å². The fraction of sp³-hybridized carbons (Fsp3) is 0.471. The molecular weight excluding hydrogens is 344 g/mol. The molecule has 0 radical (unpaired) electrons. The Kier molecular flexibility index (Phi) is 5.50. The minimum absolute atomic E-state index is 0.0857. The van der Waals surface area contributed by atoms with Gasteiger partial charge in [-0.05, 0) is 18.2 Å². The van der Waals surface area contributed by atoms with Crippen LogP contribution in [0, 0.1) is 0 Å². The number of aliphatic hydroxyl groups excluding tert-OH is 1. The first-order chi connectivity index (χ1) is 12.5. The average molecular weight is 364 g/mol. The number of nitrogens with zero attached hydrogens (tertiary/aromatic N) is 2. The molecule has 3 rings (SSSR count). The van der Waals surface area contributed by atoms with E-state index >= 15 is 0 Å². The molecule has 1 aromatic carbocycles. The van der Waals surface area contributed by atoms with Crippen LogP contribution in [0.15, 0.2) is 24.3 Å². The quantitative estimate of drug-likeness (QED) is 0.728. The van der Waals surface area contributed by atoms with Crippen molar-refractivity contribution in [3.8, 4) is 0 Å². The molecular formula is C17H20N2O7. The Morgan fingerprint density at radius 2 is 1.88 bits per heavy atom. The highest BCUT2D eigenvalue weighted by Gasteiger charge is 2.39. The molecule has 0 bridgehead atoms. The predicted molar refractivity (Wildman–Crippen MR) is 88.9 cm³/mol. The largest absolute Gasteiger partial charge is 0.479 e. The number of carboxylic acids is 1. The maximum Gasteiger partial charge on any atom is 0.335 e. The molecule has 26 heavy (non-hydrogen) atoms. The number of anilines is 1. The number of amides is 2. The van der Waals surface area contributed by atoms with E-state index in [1.807, 2.05) is 0 Å². The van der Waals surface area contributed by atoms with Crippen molar-refractivity contribution in [2.75, 3.05) is 44.4 Å². The number of carbonyl (C=O) groups excluding carboxylic acids is 2. The number of rotatable bonds is 4. The van der Waals surface area contributed by atoms with Crippen LogP contribution in [0.25, 0.3) is 0 Å². The second kappa shape index (κ2) is 7.81. The van der Waals surface area contributed by atoms with Gasteiger partial charge in [-0.25, -0.2) is 4.79 Å². The number of aliphatic hydroxyl groups is 1. The molecule has 2 aliphatic rings. The van der Waals surface area contributed by atoms with E-state index in [1.54, 1.807) is 29.2 Å². The first-order valence-corrected chi connectivity index (χ1v) is 8.30. The maximum absolute atomic E-state index is 12.6. The molecule has 2 aliphatic heterocycles. The van der Waals surface area contributed by atoms with Crippen LogP contribution in [0.2, 0.25) is 0 Å². The Morgan fingerprint density at radius 1 is 1.15 bits per heavy atom. The lowest BCUT2D eigenvalue weighted by Gasteiger charge is -2.33. The molecule has 140 valence electrons. The van der Waals surface area contributed by atoms with Crippen molar-refractivity contribution < 1.29 is 34.1 Å². The third-order valence-electron chi connectivity index (χ3n) is 4.36. The molecule has 0 unspecified atom stereocenters. The molecule has 0 saturated carbocycles. The fourth-order valence-corrected chi connectivity index (χ4v) is 2.97. The van der Waals surface area contributed by atoms with Crippen molar-refractivity contribution in [1.29, 1.82) is 0 Å². The molecule has 2 fully saturated rings. The zero-order valence-electron chi connectivity index (χ0n) is 14.0. The number of morpholine rings is 2. The van der Waals surface area contributed by atoms with Gasteiger partial charge in [0.1, 0.15) is 0 Å². The van der Waals surface area contributed by atoms with E-state index < -0.39 is 24.1 Å². The summed E-state index contributed by atoms with van der Waals surface area (Å²) in [7, 11) is 0. The summed E-state index contributed by atoms with van der Waals surface area (Å²) in [5, 5.41) is 18.6. The number of carbonyl (C=O) groups is 3. The van der Waals surface area contributed by atoms with Gasteiger partial charge in [-0.2, -0.15) is 0 Å². The Labute approximate surface area is 149 Å². The first-order valence-electron chi connectivity index (χ1n) is 8.30. The van der Waals surface area contributed by atoms with Crippen LogP contribution in [0.3, 0.4) is 0 Å². The van der Waals surface area contributed by atoms with Crippen LogP contribution < -0.4 is 4.90 Å². The van der Waals surface area contributed by atoms with E-state index in [4.69, 9.17) is 14.6 Å². The molecule has 2 amide bonds. The maximum atomic E-state index is 12.6. The number of ether oxygens (including phenoxy) is 2. The third kappa shape index (κ3) is 3.69. The number of aliphatic carboxylic acids is 1. The molecule has 0 spiro atoms. The Balaban J connectivity index is 1.79. The highest BCUT2D eigenvalue weighted by molar-refractivity contribution is 6.01. The molecule has 9 nitrogen and oxygen atoms in total. The SMILES string of the molecule is O=C(O)[C@H](O)[C@H]1OCCN(c2cccc(C(=O)N3CCOCC3)c2)C1=O. The zero-order valence-corrected chi connectivity index (χ0v) is 14.0. The summed E-state index contributed by atoms with van der Waals surface area (Å²) in [6.07, 6.45) is -3.41. The van der Waals surface area contributed by atoms with Gasteiger partial charge in [0.15, 0.2) is 12.2 Å². The second-order valence-corrected chi connectivity index (χ2v) is 6.02. The van der Waals surface area contributed by atoms with Crippen molar-refractivity contribution >= 4 is 23.5 Å². The third-order valence-corrected chi connectivity index (χ3v) is 4.36. The summed E-state index contributed by atoms with van der Waals surface area (Å²) in [5.41, 5.74) is 0.888. The van der Waals surface area contributed by atoms with Crippen molar-refractivity contribution in [1.82, 2.24) is 4.90 Å². The molecule has 2 heterocycles. The first kappa shape index (κ1) is 18.3. The Hall–Kier alpha value is -2.49. The van der Waals surface area contributed by atoms with E-state index in [-0.39, 0.29) is 19.1 Å². The van der Waals surface area contributed by atoms with E-state index in [1.165, 1.54) is 4.90 Å². The molecule has 2 saturated heterocycles. The van der Waals surface area contributed by atoms with Gasteiger partial charge in [0.2, 0.25) is 0 Å². The van der Waals surface area contributed by atoms with Crippen LogP contribution in [-0.2, 0) is 19.1 Å². The molecule has 0 aromatic heterocycles. The van der Waals surface area contributed by atoms with Gasteiger partial charge >= 0.3 is 5.97 Å². The van der Waals surface area contributed by atoms with Gasteiger partial charge in [0.25, 0.3) is 11.8 Å².